The molecule has 0 amide bonds. The number of aryl methyl sites for hydroxylation is 1. The van der Waals surface area contributed by atoms with Gasteiger partial charge in [0.05, 0.1) is 14.2 Å². The van der Waals surface area contributed by atoms with Crippen molar-refractivity contribution in [1.29, 1.82) is 0 Å². The van der Waals surface area contributed by atoms with Gasteiger partial charge in [-0.3, -0.25) is 4.79 Å². The van der Waals surface area contributed by atoms with Gasteiger partial charge in [0.15, 0.2) is 11.5 Å². The summed E-state index contributed by atoms with van der Waals surface area (Å²) < 4.78 is 21.2. The van der Waals surface area contributed by atoms with Gasteiger partial charge in [-0.15, -0.1) is 0 Å². The molecule has 0 saturated carbocycles. The van der Waals surface area contributed by atoms with Gasteiger partial charge in [0, 0.05) is 11.4 Å². The van der Waals surface area contributed by atoms with Gasteiger partial charge in [-0.25, -0.2) is 0 Å². The average Bonchev–Trinajstić information content (AvgIpc) is 2.63. The van der Waals surface area contributed by atoms with E-state index in [0.29, 0.717) is 28.7 Å². The third-order valence-electron chi connectivity index (χ3n) is 3.49. The quantitative estimate of drug-likeness (QED) is 0.498. The van der Waals surface area contributed by atoms with Gasteiger partial charge in [-0.1, -0.05) is 29.8 Å². The zero-order valence-electron chi connectivity index (χ0n) is 14.3. The first kappa shape index (κ1) is 18.9. The summed E-state index contributed by atoms with van der Waals surface area (Å²) in [5.74, 6) is 1.63. The molecule has 0 aliphatic rings. The van der Waals surface area contributed by atoms with Crippen LogP contribution in [0.4, 0.5) is 0 Å². The van der Waals surface area contributed by atoms with E-state index >= 15 is 0 Å². The van der Waals surface area contributed by atoms with Crippen LogP contribution < -0.4 is 14.2 Å². The minimum atomic E-state index is -0.292. The number of hydrogen-bond acceptors (Lipinski definition) is 5. The van der Waals surface area contributed by atoms with Crippen molar-refractivity contribution in [1.82, 2.24) is 0 Å². The Kier molecular flexibility index (Phi) is 7.41. The van der Waals surface area contributed by atoms with Crippen LogP contribution in [0, 0.1) is 0 Å². The van der Waals surface area contributed by atoms with Crippen molar-refractivity contribution in [3.63, 3.8) is 0 Å². The smallest absolute Gasteiger partial charge is 0.306 e. The van der Waals surface area contributed by atoms with Crippen molar-refractivity contribution < 1.29 is 23.7 Å². The molecule has 2 rings (SSSR count). The standard InChI is InChI=1S/C19H21ClO5/c1-22-17-8-3-5-14(19(17)23-2)9-10-18(21)25-12-11-24-16-7-4-6-15(20)13-16/h3-8,13H,9-12H2,1-2H3. The summed E-state index contributed by atoms with van der Waals surface area (Å²) in [5, 5.41) is 0.599. The van der Waals surface area contributed by atoms with Crippen molar-refractivity contribution in [2.45, 2.75) is 12.8 Å². The molecule has 0 N–H and O–H groups in total. The zero-order chi connectivity index (χ0) is 18.1. The molecule has 0 unspecified atom stereocenters. The Bertz CT molecular complexity index is 702. The summed E-state index contributed by atoms with van der Waals surface area (Å²) in [7, 11) is 3.16. The Labute approximate surface area is 152 Å². The van der Waals surface area contributed by atoms with E-state index < -0.39 is 0 Å². The second-order valence-corrected chi connectivity index (χ2v) is 5.62. The molecule has 0 aliphatic carbocycles. The van der Waals surface area contributed by atoms with Crippen molar-refractivity contribution in [2.24, 2.45) is 0 Å². The number of rotatable bonds is 9. The van der Waals surface area contributed by atoms with Gasteiger partial charge in [0.2, 0.25) is 0 Å². The number of ether oxygens (including phenoxy) is 4. The van der Waals surface area contributed by atoms with Gasteiger partial charge >= 0.3 is 5.97 Å². The highest BCUT2D eigenvalue weighted by Crippen LogP contribution is 2.31. The first-order chi connectivity index (χ1) is 12.1. The molecule has 2 aromatic carbocycles. The molecule has 0 fully saturated rings. The Morgan fingerprint density at radius 3 is 2.56 bits per heavy atom. The number of para-hydroxylation sites is 1. The molecule has 0 aromatic heterocycles. The first-order valence-corrected chi connectivity index (χ1v) is 8.25. The molecular weight excluding hydrogens is 344 g/mol. The van der Waals surface area contributed by atoms with Gasteiger partial charge in [-0.05, 0) is 36.2 Å². The highest BCUT2D eigenvalue weighted by atomic mass is 35.5. The molecule has 2 aromatic rings. The second-order valence-electron chi connectivity index (χ2n) is 5.18. The summed E-state index contributed by atoms with van der Waals surface area (Å²) in [4.78, 5) is 11.9. The fraction of sp³-hybridized carbons (Fsp3) is 0.316. The molecule has 25 heavy (non-hydrogen) atoms. The molecule has 6 heteroatoms. The summed E-state index contributed by atoms with van der Waals surface area (Å²) in [6, 6.07) is 12.6. The van der Waals surface area contributed by atoms with Crippen LogP contribution in [0.3, 0.4) is 0 Å². The summed E-state index contributed by atoms with van der Waals surface area (Å²) in [5.41, 5.74) is 0.897. The van der Waals surface area contributed by atoms with Crippen molar-refractivity contribution in [3.05, 3.63) is 53.1 Å². The first-order valence-electron chi connectivity index (χ1n) is 7.88. The molecule has 0 saturated heterocycles. The normalized spacial score (nSPS) is 10.2. The van der Waals surface area contributed by atoms with Crippen LogP contribution in [0.1, 0.15) is 12.0 Å². The van der Waals surface area contributed by atoms with Crippen molar-refractivity contribution >= 4 is 17.6 Å². The molecular formula is C19H21ClO5. The van der Waals surface area contributed by atoms with Crippen LogP contribution in [-0.2, 0) is 16.0 Å². The van der Waals surface area contributed by atoms with Crippen LogP contribution >= 0.6 is 11.6 Å². The number of carbonyl (C=O) groups is 1. The predicted molar refractivity (Wildman–Crippen MR) is 95.8 cm³/mol. The maximum absolute atomic E-state index is 11.9. The molecule has 0 heterocycles. The number of halogens is 1. The number of benzene rings is 2. The number of esters is 1. The van der Waals surface area contributed by atoms with Crippen LogP contribution in [0.25, 0.3) is 0 Å². The summed E-state index contributed by atoms with van der Waals surface area (Å²) in [6.45, 7) is 0.454. The zero-order valence-corrected chi connectivity index (χ0v) is 15.0. The molecule has 0 radical (unpaired) electrons. The Hall–Kier alpha value is -2.40. The van der Waals surface area contributed by atoms with Gasteiger partial charge < -0.3 is 18.9 Å². The summed E-state index contributed by atoms with van der Waals surface area (Å²) in [6.07, 6.45) is 0.759. The fourth-order valence-electron chi connectivity index (χ4n) is 2.33. The second kappa shape index (κ2) is 9.79. The van der Waals surface area contributed by atoms with E-state index in [1.807, 2.05) is 18.2 Å². The molecule has 0 aliphatic heterocycles. The molecule has 5 nitrogen and oxygen atoms in total. The van der Waals surface area contributed by atoms with E-state index in [9.17, 15) is 4.79 Å². The lowest BCUT2D eigenvalue weighted by Gasteiger charge is -2.12. The van der Waals surface area contributed by atoms with E-state index in [-0.39, 0.29) is 25.6 Å². The maximum atomic E-state index is 11.9. The lowest BCUT2D eigenvalue weighted by molar-refractivity contribution is -0.144. The third kappa shape index (κ3) is 5.87. The van der Waals surface area contributed by atoms with Crippen LogP contribution in [0.5, 0.6) is 17.2 Å². The number of carbonyl (C=O) groups excluding carboxylic acids is 1. The van der Waals surface area contributed by atoms with E-state index in [0.717, 1.165) is 5.56 Å². The van der Waals surface area contributed by atoms with Gasteiger partial charge in [-0.2, -0.15) is 0 Å². The van der Waals surface area contributed by atoms with E-state index in [4.69, 9.17) is 30.5 Å². The minimum absolute atomic E-state index is 0.181. The lowest BCUT2D eigenvalue weighted by Crippen LogP contribution is -2.13. The molecule has 134 valence electrons. The topological polar surface area (TPSA) is 54.0 Å². The summed E-state index contributed by atoms with van der Waals surface area (Å²) >= 11 is 5.87. The van der Waals surface area contributed by atoms with Crippen LogP contribution in [-0.4, -0.2) is 33.4 Å². The third-order valence-corrected chi connectivity index (χ3v) is 3.73. The average molecular weight is 365 g/mol. The SMILES string of the molecule is COc1cccc(CCC(=O)OCCOc2cccc(Cl)c2)c1OC. The monoisotopic (exact) mass is 364 g/mol. The Morgan fingerprint density at radius 2 is 1.84 bits per heavy atom. The van der Waals surface area contributed by atoms with Crippen molar-refractivity contribution in [3.8, 4) is 17.2 Å². The maximum Gasteiger partial charge on any atom is 0.306 e. The van der Waals surface area contributed by atoms with E-state index in [1.165, 1.54) is 0 Å². The molecule has 0 spiro atoms. The largest absolute Gasteiger partial charge is 0.493 e. The Balaban J connectivity index is 1.74. The predicted octanol–water partition coefficient (Wildman–Crippen LogP) is 3.91. The molecule has 0 atom stereocenters. The highest BCUT2D eigenvalue weighted by molar-refractivity contribution is 6.30. The van der Waals surface area contributed by atoms with Crippen LogP contribution in [0.2, 0.25) is 5.02 Å². The highest BCUT2D eigenvalue weighted by Gasteiger charge is 2.11. The van der Waals surface area contributed by atoms with Crippen LogP contribution in [0.15, 0.2) is 42.5 Å². The van der Waals surface area contributed by atoms with Gasteiger partial charge in [0.25, 0.3) is 0 Å². The number of hydrogen-bond donors (Lipinski definition) is 0. The van der Waals surface area contributed by atoms with Gasteiger partial charge in [0.1, 0.15) is 19.0 Å². The lowest BCUT2D eigenvalue weighted by atomic mass is 10.1. The van der Waals surface area contributed by atoms with E-state index in [2.05, 4.69) is 0 Å². The van der Waals surface area contributed by atoms with Crippen molar-refractivity contribution in [2.75, 3.05) is 27.4 Å². The minimum Gasteiger partial charge on any atom is -0.493 e. The molecule has 0 bridgehead atoms. The number of methoxy groups -OCH3 is 2. The van der Waals surface area contributed by atoms with E-state index in [1.54, 1.807) is 38.5 Å². The fourth-order valence-corrected chi connectivity index (χ4v) is 2.51. The Morgan fingerprint density at radius 1 is 1.04 bits per heavy atom.